The SMILES string of the molecule is CC(=O)CCNc1cc(NCC2CCC2)nc(C)n1. The predicted molar refractivity (Wildman–Crippen MR) is 76.4 cm³/mol. The maximum Gasteiger partial charge on any atom is 0.131 e. The quantitative estimate of drug-likeness (QED) is 0.789. The topological polar surface area (TPSA) is 66.9 Å². The van der Waals surface area contributed by atoms with Gasteiger partial charge in [-0.2, -0.15) is 0 Å². The van der Waals surface area contributed by atoms with Crippen LogP contribution in [0.2, 0.25) is 0 Å². The molecule has 0 aliphatic heterocycles. The Balaban J connectivity index is 1.87. The molecule has 0 unspecified atom stereocenters. The number of aromatic nitrogens is 2. The second-order valence-corrected chi connectivity index (χ2v) is 5.24. The van der Waals surface area contributed by atoms with Gasteiger partial charge in [-0.1, -0.05) is 6.42 Å². The fourth-order valence-corrected chi connectivity index (χ4v) is 2.06. The van der Waals surface area contributed by atoms with Crippen molar-refractivity contribution in [1.29, 1.82) is 0 Å². The van der Waals surface area contributed by atoms with Crippen molar-refractivity contribution in [2.75, 3.05) is 23.7 Å². The van der Waals surface area contributed by atoms with Gasteiger partial charge in [0.25, 0.3) is 0 Å². The molecule has 1 aromatic heterocycles. The minimum atomic E-state index is 0.182. The summed E-state index contributed by atoms with van der Waals surface area (Å²) in [6, 6.07) is 1.91. The van der Waals surface area contributed by atoms with Crippen LogP contribution in [0.15, 0.2) is 6.07 Å². The summed E-state index contributed by atoms with van der Waals surface area (Å²) in [5.41, 5.74) is 0. The van der Waals surface area contributed by atoms with Gasteiger partial charge in [0.15, 0.2) is 0 Å². The number of nitrogens with zero attached hydrogens (tertiary/aromatic N) is 2. The number of nitrogens with one attached hydrogen (secondary N) is 2. The van der Waals surface area contributed by atoms with Crippen LogP contribution in [0.5, 0.6) is 0 Å². The van der Waals surface area contributed by atoms with Crippen LogP contribution < -0.4 is 10.6 Å². The van der Waals surface area contributed by atoms with Crippen molar-refractivity contribution in [3.8, 4) is 0 Å². The molecule has 2 rings (SSSR count). The Kier molecular flexibility index (Phi) is 4.71. The van der Waals surface area contributed by atoms with Gasteiger partial charge < -0.3 is 10.6 Å². The van der Waals surface area contributed by atoms with Gasteiger partial charge in [0.1, 0.15) is 23.2 Å². The van der Waals surface area contributed by atoms with Crippen molar-refractivity contribution in [2.45, 2.75) is 39.5 Å². The lowest BCUT2D eigenvalue weighted by Gasteiger charge is -2.25. The molecule has 0 bridgehead atoms. The number of hydrogen-bond donors (Lipinski definition) is 2. The molecule has 2 N–H and O–H groups in total. The minimum Gasteiger partial charge on any atom is -0.370 e. The van der Waals surface area contributed by atoms with Crippen LogP contribution in [0, 0.1) is 12.8 Å². The molecule has 1 aliphatic carbocycles. The lowest BCUT2D eigenvalue weighted by molar-refractivity contribution is -0.116. The van der Waals surface area contributed by atoms with Crippen LogP contribution in [0.3, 0.4) is 0 Å². The Morgan fingerprint density at radius 3 is 2.58 bits per heavy atom. The first-order valence-corrected chi connectivity index (χ1v) is 6.96. The maximum atomic E-state index is 10.9. The molecule has 0 atom stereocenters. The van der Waals surface area contributed by atoms with Crippen LogP contribution in [-0.4, -0.2) is 28.8 Å². The molecule has 0 saturated heterocycles. The average Bonchev–Trinajstić information content (AvgIpc) is 2.25. The molecule has 0 radical (unpaired) electrons. The van der Waals surface area contributed by atoms with E-state index in [0.29, 0.717) is 13.0 Å². The molecule has 0 amide bonds. The summed E-state index contributed by atoms with van der Waals surface area (Å²) >= 11 is 0. The van der Waals surface area contributed by atoms with Gasteiger partial charge in [0.05, 0.1) is 0 Å². The number of anilines is 2. The van der Waals surface area contributed by atoms with E-state index in [2.05, 4.69) is 20.6 Å². The number of rotatable bonds is 7. The summed E-state index contributed by atoms with van der Waals surface area (Å²) in [7, 11) is 0. The van der Waals surface area contributed by atoms with E-state index in [0.717, 1.165) is 29.9 Å². The number of carbonyl (C=O) groups is 1. The van der Waals surface area contributed by atoms with Gasteiger partial charge in [0.2, 0.25) is 0 Å². The first-order valence-electron chi connectivity index (χ1n) is 6.96. The fourth-order valence-electron chi connectivity index (χ4n) is 2.06. The molecule has 0 aromatic carbocycles. The monoisotopic (exact) mass is 262 g/mol. The predicted octanol–water partition coefficient (Wildman–Crippen LogP) is 2.39. The Hall–Kier alpha value is -1.65. The number of ketones is 1. The van der Waals surface area contributed by atoms with E-state index >= 15 is 0 Å². The third-order valence-electron chi connectivity index (χ3n) is 3.42. The molecule has 19 heavy (non-hydrogen) atoms. The maximum absolute atomic E-state index is 10.9. The smallest absolute Gasteiger partial charge is 0.131 e. The Labute approximate surface area is 114 Å². The highest BCUT2D eigenvalue weighted by atomic mass is 16.1. The average molecular weight is 262 g/mol. The van der Waals surface area contributed by atoms with Crippen molar-refractivity contribution in [3.63, 3.8) is 0 Å². The second-order valence-electron chi connectivity index (χ2n) is 5.24. The van der Waals surface area contributed by atoms with E-state index in [9.17, 15) is 4.79 Å². The van der Waals surface area contributed by atoms with E-state index in [1.165, 1.54) is 19.3 Å². The number of carbonyl (C=O) groups excluding carboxylic acids is 1. The minimum absolute atomic E-state index is 0.182. The highest BCUT2D eigenvalue weighted by molar-refractivity contribution is 5.75. The molecule has 0 spiro atoms. The van der Waals surface area contributed by atoms with Crippen molar-refractivity contribution < 1.29 is 4.79 Å². The Morgan fingerprint density at radius 1 is 1.32 bits per heavy atom. The molecular weight excluding hydrogens is 240 g/mol. The normalized spacial score (nSPS) is 14.8. The third kappa shape index (κ3) is 4.50. The van der Waals surface area contributed by atoms with Crippen LogP contribution in [0.1, 0.15) is 38.4 Å². The molecule has 1 saturated carbocycles. The van der Waals surface area contributed by atoms with Crippen molar-refractivity contribution >= 4 is 17.4 Å². The van der Waals surface area contributed by atoms with Gasteiger partial charge in [-0.25, -0.2) is 9.97 Å². The molecule has 5 nitrogen and oxygen atoms in total. The van der Waals surface area contributed by atoms with Gasteiger partial charge in [0, 0.05) is 25.6 Å². The first-order chi connectivity index (χ1) is 9.13. The zero-order chi connectivity index (χ0) is 13.7. The van der Waals surface area contributed by atoms with E-state index in [4.69, 9.17) is 0 Å². The van der Waals surface area contributed by atoms with Crippen molar-refractivity contribution in [3.05, 3.63) is 11.9 Å². The van der Waals surface area contributed by atoms with E-state index < -0.39 is 0 Å². The second kappa shape index (κ2) is 6.50. The number of Topliss-reactive ketones (excluding diaryl/α,β-unsaturated/α-hetero) is 1. The van der Waals surface area contributed by atoms with Crippen molar-refractivity contribution in [1.82, 2.24) is 9.97 Å². The van der Waals surface area contributed by atoms with Crippen molar-refractivity contribution in [2.24, 2.45) is 5.92 Å². The summed E-state index contributed by atoms with van der Waals surface area (Å²) in [5.74, 6) is 3.37. The lowest BCUT2D eigenvalue weighted by atomic mass is 9.85. The van der Waals surface area contributed by atoms with Crippen LogP contribution in [-0.2, 0) is 4.79 Å². The highest BCUT2D eigenvalue weighted by Crippen LogP contribution is 2.26. The molecule has 1 heterocycles. The molecule has 1 aliphatic rings. The van der Waals surface area contributed by atoms with Gasteiger partial charge in [-0.05, 0) is 32.6 Å². The summed E-state index contributed by atoms with van der Waals surface area (Å²) < 4.78 is 0. The van der Waals surface area contributed by atoms with E-state index in [1.54, 1.807) is 6.92 Å². The largest absolute Gasteiger partial charge is 0.370 e. The van der Waals surface area contributed by atoms with Crippen LogP contribution in [0.4, 0.5) is 11.6 Å². The molecular formula is C14H22N4O. The first kappa shape index (κ1) is 13.8. The highest BCUT2D eigenvalue weighted by Gasteiger charge is 2.17. The standard InChI is InChI=1S/C14H22N4O/c1-10(19)6-7-15-13-8-14(18-11(2)17-13)16-9-12-4-3-5-12/h8,12H,3-7,9H2,1-2H3,(H2,15,16,17,18). The van der Waals surface area contributed by atoms with Gasteiger partial charge >= 0.3 is 0 Å². The summed E-state index contributed by atoms with van der Waals surface area (Å²) in [6.07, 6.45) is 4.52. The van der Waals surface area contributed by atoms with Gasteiger partial charge in [-0.3, -0.25) is 4.79 Å². The van der Waals surface area contributed by atoms with Gasteiger partial charge in [-0.15, -0.1) is 0 Å². The van der Waals surface area contributed by atoms with Crippen LogP contribution in [0.25, 0.3) is 0 Å². The van der Waals surface area contributed by atoms with E-state index in [-0.39, 0.29) is 5.78 Å². The summed E-state index contributed by atoms with van der Waals surface area (Å²) in [4.78, 5) is 19.6. The summed E-state index contributed by atoms with van der Waals surface area (Å²) in [5, 5.41) is 6.53. The molecule has 1 fully saturated rings. The number of hydrogen-bond acceptors (Lipinski definition) is 5. The zero-order valence-electron chi connectivity index (χ0n) is 11.7. The molecule has 104 valence electrons. The van der Waals surface area contributed by atoms with Crippen LogP contribution >= 0.6 is 0 Å². The third-order valence-corrected chi connectivity index (χ3v) is 3.42. The zero-order valence-corrected chi connectivity index (χ0v) is 11.7. The summed E-state index contributed by atoms with van der Waals surface area (Å²) in [6.45, 7) is 5.08. The lowest BCUT2D eigenvalue weighted by Crippen LogP contribution is -2.21. The van der Waals surface area contributed by atoms with E-state index in [1.807, 2.05) is 13.0 Å². The Morgan fingerprint density at radius 2 is 2.00 bits per heavy atom. The molecule has 1 aromatic rings. The molecule has 5 heteroatoms. The number of aryl methyl sites for hydroxylation is 1. The Bertz CT molecular complexity index is 443. The fraction of sp³-hybridized carbons (Fsp3) is 0.643.